The minimum atomic E-state index is -1.00. The standard InChI is InChI=1S/C18H12O3/c19-11-17-13-6-2-1-5-12(13)9-10-15(17)14-7-3-4-8-16(14)18(20)21/h1-11H,(H,20,21). The third-order valence-corrected chi connectivity index (χ3v) is 3.54. The van der Waals surface area contributed by atoms with Gasteiger partial charge in [0.05, 0.1) is 5.56 Å². The van der Waals surface area contributed by atoms with Gasteiger partial charge in [0.1, 0.15) is 0 Å². The summed E-state index contributed by atoms with van der Waals surface area (Å²) in [6.07, 6.45) is 0.788. The van der Waals surface area contributed by atoms with Gasteiger partial charge in [0.2, 0.25) is 0 Å². The van der Waals surface area contributed by atoms with Crippen LogP contribution in [-0.4, -0.2) is 17.4 Å². The largest absolute Gasteiger partial charge is 0.478 e. The predicted molar refractivity (Wildman–Crippen MR) is 81.7 cm³/mol. The summed E-state index contributed by atoms with van der Waals surface area (Å²) in [6.45, 7) is 0. The Bertz CT molecular complexity index is 850. The molecular weight excluding hydrogens is 264 g/mol. The first-order valence-corrected chi connectivity index (χ1v) is 6.52. The van der Waals surface area contributed by atoms with Crippen LogP contribution in [0.2, 0.25) is 0 Å². The number of fused-ring (bicyclic) bond motifs is 1. The zero-order valence-electron chi connectivity index (χ0n) is 11.1. The number of benzene rings is 3. The fourth-order valence-corrected chi connectivity index (χ4v) is 2.56. The smallest absolute Gasteiger partial charge is 0.336 e. The van der Waals surface area contributed by atoms with Crippen molar-refractivity contribution in [2.45, 2.75) is 0 Å². The van der Waals surface area contributed by atoms with Crippen molar-refractivity contribution in [1.29, 1.82) is 0 Å². The zero-order valence-corrected chi connectivity index (χ0v) is 11.1. The van der Waals surface area contributed by atoms with Crippen LogP contribution in [0.15, 0.2) is 60.7 Å². The van der Waals surface area contributed by atoms with Gasteiger partial charge in [-0.15, -0.1) is 0 Å². The van der Waals surface area contributed by atoms with Gasteiger partial charge in [-0.1, -0.05) is 54.6 Å². The van der Waals surface area contributed by atoms with Crippen molar-refractivity contribution in [3.63, 3.8) is 0 Å². The highest BCUT2D eigenvalue weighted by atomic mass is 16.4. The van der Waals surface area contributed by atoms with Crippen LogP contribution in [0.4, 0.5) is 0 Å². The van der Waals surface area contributed by atoms with Crippen molar-refractivity contribution in [2.75, 3.05) is 0 Å². The van der Waals surface area contributed by atoms with E-state index in [4.69, 9.17) is 0 Å². The average Bonchev–Trinajstić information content (AvgIpc) is 2.53. The maximum atomic E-state index is 11.5. The quantitative estimate of drug-likeness (QED) is 0.735. The molecule has 0 spiro atoms. The van der Waals surface area contributed by atoms with E-state index < -0.39 is 5.97 Å². The zero-order chi connectivity index (χ0) is 14.8. The topological polar surface area (TPSA) is 54.4 Å². The van der Waals surface area contributed by atoms with E-state index in [1.807, 2.05) is 30.3 Å². The monoisotopic (exact) mass is 276 g/mol. The van der Waals surface area contributed by atoms with Crippen LogP contribution in [0, 0.1) is 0 Å². The molecule has 0 aliphatic heterocycles. The summed E-state index contributed by atoms with van der Waals surface area (Å²) >= 11 is 0. The Balaban J connectivity index is 2.36. The van der Waals surface area contributed by atoms with E-state index in [9.17, 15) is 14.7 Å². The lowest BCUT2D eigenvalue weighted by Crippen LogP contribution is -2.00. The van der Waals surface area contributed by atoms with Gasteiger partial charge in [-0.2, -0.15) is 0 Å². The van der Waals surface area contributed by atoms with Crippen molar-refractivity contribution in [1.82, 2.24) is 0 Å². The Morgan fingerprint density at radius 1 is 0.857 bits per heavy atom. The van der Waals surface area contributed by atoms with E-state index in [2.05, 4.69) is 0 Å². The summed E-state index contributed by atoms with van der Waals surface area (Å²) in [4.78, 5) is 22.9. The molecule has 3 aromatic carbocycles. The van der Waals surface area contributed by atoms with E-state index in [1.165, 1.54) is 0 Å². The summed E-state index contributed by atoms with van der Waals surface area (Å²) < 4.78 is 0. The minimum Gasteiger partial charge on any atom is -0.478 e. The lowest BCUT2D eigenvalue weighted by atomic mass is 9.92. The van der Waals surface area contributed by atoms with Crippen LogP contribution < -0.4 is 0 Å². The number of hydrogen-bond acceptors (Lipinski definition) is 2. The van der Waals surface area contributed by atoms with Crippen molar-refractivity contribution < 1.29 is 14.7 Å². The molecular formula is C18H12O3. The van der Waals surface area contributed by atoms with Crippen LogP contribution in [0.25, 0.3) is 21.9 Å². The molecule has 0 heterocycles. The number of carbonyl (C=O) groups excluding carboxylic acids is 1. The van der Waals surface area contributed by atoms with Gasteiger partial charge in [0.15, 0.2) is 6.29 Å². The molecule has 0 unspecified atom stereocenters. The molecule has 3 rings (SSSR count). The van der Waals surface area contributed by atoms with E-state index in [1.54, 1.807) is 30.3 Å². The van der Waals surface area contributed by atoms with Crippen molar-refractivity contribution in [3.8, 4) is 11.1 Å². The van der Waals surface area contributed by atoms with Gasteiger partial charge < -0.3 is 5.11 Å². The summed E-state index contributed by atoms with van der Waals surface area (Å²) in [7, 11) is 0. The Labute approximate surface area is 121 Å². The van der Waals surface area contributed by atoms with Crippen molar-refractivity contribution >= 4 is 23.0 Å². The fraction of sp³-hybridized carbons (Fsp3) is 0. The van der Waals surface area contributed by atoms with E-state index in [0.29, 0.717) is 16.7 Å². The first-order chi connectivity index (χ1) is 10.2. The third kappa shape index (κ3) is 2.19. The first-order valence-electron chi connectivity index (χ1n) is 6.52. The first kappa shape index (κ1) is 13.1. The highest BCUT2D eigenvalue weighted by Crippen LogP contribution is 2.31. The molecule has 0 aliphatic carbocycles. The Kier molecular flexibility index (Phi) is 3.24. The molecule has 0 saturated heterocycles. The maximum Gasteiger partial charge on any atom is 0.336 e. The maximum absolute atomic E-state index is 11.5. The second-order valence-corrected chi connectivity index (χ2v) is 4.72. The molecule has 0 aromatic heterocycles. The summed E-state index contributed by atoms with van der Waals surface area (Å²) in [5, 5.41) is 11.1. The second kappa shape index (κ2) is 5.21. The molecule has 0 bridgehead atoms. The van der Waals surface area contributed by atoms with Crippen LogP contribution in [0.1, 0.15) is 20.7 Å². The van der Waals surface area contributed by atoms with Crippen LogP contribution in [0.5, 0.6) is 0 Å². The number of aromatic carboxylic acids is 1. The van der Waals surface area contributed by atoms with Gasteiger partial charge in [-0.3, -0.25) is 4.79 Å². The lowest BCUT2D eigenvalue weighted by Gasteiger charge is -2.11. The molecule has 1 N–H and O–H groups in total. The molecule has 3 heteroatoms. The highest BCUT2D eigenvalue weighted by molar-refractivity contribution is 6.07. The Morgan fingerprint density at radius 2 is 1.57 bits per heavy atom. The Morgan fingerprint density at radius 3 is 2.33 bits per heavy atom. The van der Waals surface area contributed by atoms with Crippen LogP contribution in [0.3, 0.4) is 0 Å². The number of rotatable bonds is 3. The number of carboxylic acids is 1. The van der Waals surface area contributed by atoms with Crippen LogP contribution >= 0.6 is 0 Å². The highest BCUT2D eigenvalue weighted by Gasteiger charge is 2.15. The molecule has 3 aromatic rings. The molecule has 21 heavy (non-hydrogen) atoms. The third-order valence-electron chi connectivity index (χ3n) is 3.54. The van der Waals surface area contributed by atoms with E-state index in [0.717, 1.165) is 17.1 Å². The van der Waals surface area contributed by atoms with Crippen molar-refractivity contribution in [3.05, 3.63) is 71.8 Å². The fourth-order valence-electron chi connectivity index (χ4n) is 2.56. The van der Waals surface area contributed by atoms with Gasteiger partial charge in [0, 0.05) is 5.56 Å². The molecule has 102 valence electrons. The van der Waals surface area contributed by atoms with Gasteiger partial charge in [-0.25, -0.2) is 4.79 Å². The van der Waals surface area contributed by atoms with Crippen molar-refractivity contribution in [2.24, 2.45) is 0 Å². The van der Waals surface area contributed by atoms with E-state index >= 15 is 0 Å². The summed E-state index contributed by atoms with van der Waals surface area (Å²) in [6, 6.07) is 18.0. The molecule has 0 fully saturated rings. The number of carboxylic acid groups (broad SMARTS) is 1. The number of carbonyl (C=O) groups is 2. The Hall–Kier alpha value is -2.94. The average molecular weight is 276 g/mol. The van der Waals surface area contributed by atoms with E-state index in [-0.39, 0.29) is 5.56 Å². The number of hydrogen-bond donors (Lipinski definition) is 1. The van der Waals surface area contributed by atoms with Crippen LogP contribution in [-0.2, 0) is 0 Å². The number of aldehydes is 1. The van der Waals surface area contributed by atoms with Gasteiger partial charge in [0.25, 0.3) is 0 Å². The molecule has 0 atom stereocenters. The molecule has 0 saturated carbocycles. The molecule has 3 nitrogen and oxygen atoms in total. The molecule has 0 amide bonds. The lowest BCUT2D eigenvalue weighted by molar-refractivity contribution is 0.0697. The predicted octanol–water partition coefficient (Wildman–Crippen LogP) is 4.02. The SMILES string of the molecule is O=Cc1c(-c2ccccc2C(=O)O)ccc2ccccc12. The summed E-state index contributed by atoms with van der Waals surface area (Å²) in [5.74, 6) is -1.00. The minimum absolute atomic E-state index is 0.191. The van der Waals surface area contributed by atoms with Gasteiger partial charge >= 0.3 is 5.97 Å². The van der Waals surface area contributed by atoms with Gasteiger partial charge in [-0.05, 0) is 28.0 Å². The molecule has 0 aliphatic rings. The second-order valence-electron chi connectivity index (χ2n) is 4.72. The molecule has 0 radical (unpaired) electrons. The normalized spacial score (nSPS) is 10.5. The summed E-state index contributed by atoms with van der Waals surface area (Å²) in [5.41, 5.74) is 1.90.